The summed E-state index contributed by atoms with van der Waals surface area (Å²) in [5.74, 6) is 0.353. The van der Waals surface area contributed by atoms with Gasteiger partial charge in [-0.05, 0) is 24.7 Å². The largest absolute Gasteiger partial charge is 0.507 e. The van der Waals surface area contributed by atoms with E-state index in [1.807, 2.05) is 25.2 Å². The number of hydrogen-bond donors (Lipinski definition) is 2. The Bertz CT molecular complexity index is 474. The molecule has 0 saturated heterocycles. The zero-order valence-electron chi connectivity index (χ0n) is 9.12. The maximum absolute atomic E-state index is 9.70. The van der Waals surface area contributed by atoms with Crippen LogP contribution in [0.1, 0.15) is 12.6 Å². The third-order valence-corrected chi connectivity index (χ3v) is 2.72. The van der Waals surface area contributed by atoms with Crippen molar-refractivity contribution in [1.82, 2.24) is 9.88 Å². The van der Waals surface area contributed by atoms with E-state index in [1.54, 1.807) is 6.07 Å². The van der Waals surface area contributed by atoms with Crippen LogP contribution in [0.3, 0.4) is 0 Å². The van der Waals surface area contributed by atoms with Crippen molar-refractivity contribution in [2.24, 2.45) is 7.05 Å². The first-order valence-corrected chi connectivity index (χ1v) is 5.21. The lowest BCUT2D eigenvalue weighted by atomic mass is 10.2. The third kappa shape index (κ3) is 1.70. The van der Waals surface area contributed by atoms with Crippen molar-refractivity contribution in [2.75, 3.05) is 6.54 Å². The van der Waals surface area contributed by atoms with E-state index >= 15 is 0 Å². The van der Waals surface area contributed by atoms with Crippen LogP contribution < -0.4 is 5.32 Å². The Labute approximate surface area is 89.3 Å². The highest BCUT2D eigenvalue weighted by Gasteiger charge is 2.07. The van der Waals surface area contributed by atoms with Crippen LogP contribution >= 0.6 is 0 Å². The zero-order valence-corrected chi connectivity index (χ0v) is 9.12. The van der Waals surface area contributed by atoms with Gasteiger partial charge in [-0.25, -0.2) is 0 Å². The first kappa shape index (κ1) is 10.1. The summed E-state index contributed by atoms with van der Waals surface area (Å²) in [6.45, 7) is 3.87. The summed E-state index contributed by atoms with van der Waals surface area (Å²) in [6, 6.07) is 7.64. The van der Waals surface area contributed by atoms with E-state index in [0.29, 0.717) is 5.75 Å². The van der Waals surface area contributed by atoms with Crippen LogP contribution in [0.2, 0.25) is 0 Å². The molecule has 15 heavy (non-hydrogen) atoms. The third-order valence-electron chi connectivity index (χ3n) is 2.72. The van der Waals surface area contributed by atoms with Crippen LogP contribution in [-0.4, -0.2) is 16.2 Å². The molecule has 1 aromatic carbocycles. The van der Waals surface area contributed by atoms with Crippen LogP contribution in [0, 0.1) is 0 Å². The van der Waals surface area contributed by atoms with Crippen molar-refractivity contribution in [3.63, 3.8) is 0 Å². The fraction of sp³-hybridized carbons (Fsp3) is 0.333. The molecular weight excluding hydrogens is 188 g/mol. The van der Waals surface area contributed by atoms with Gasteiger partial charge in [0.25, 0.3) is 0 Å². The number of aryl methyl sites for hydroxylation is 1. The maximum Gasteiger partial charge on any atom is 0.124 e. The molecule has 80 valence electrons. The van der Waals surface area contributed by atoms with Gasteiger partial charge in [-0.15, -0.1) is 0 Å². The molecule has 3 nitrogen and oxygen atoms in total. The molecule has 2 N–H and O–H groups in total. The molecule has 3 heteroatoms. The summed E-state index contributed by atoms with van der Waals surface area (Å²) in [6.07, 6.45) is 0. The molecule has 0 fully saturated rings. The van der Waals surface area contributed by atoms with Crippen molar-refractivity contribution in [3.8, 4) is 5.75 Å². The van der Waals surface area contributed by atoms with Crippen LogP contribution in [0.5, 0.6) is 5.75 Å². The Morgan fingerprint density at radius 1 is 1.40 bits per heavy atom. The highest BCUT2D eigenvalue weighted by Crippen LogP contribution is 2.26. The van der Waals surface area contributed by atoms with Gasteiger partial charge in [0.2, 0.25) is 0 Å². The molecule has 0 aliphatic rings. The quantitative estimate of drug-likeness (QED) is 0.802. The second-order valence-corrected chi connectivity index (χ2v) is 3.68. The van der Waals surface area contributed by atoms with Crippen LogP contribution in [0.25, 0.3) is 10.9 Å². The Balaban J connectivity index is 2.49. The number of aromatic nitrogens is 1. The Morgan fingerprint density at radius 3 is 2.87 bits per heavy atom. The van der Waals surface area contributed by atoms with Crippen LogP contribution in [0.15, 0.2) is 24.3 Å². The molecule has 0 spiro atoms. The maximum atomic E-state index is 9.70. The first-order chi connectivity index (χ1) is 7.24. The average Bonchev–Trinajstić information content (AvgIpc) is 2.55. The fourth-order valence-electron chi connectivity index (χ4n) is 1.82. The van der Waals surface area contributed by atoms with Crippen molar-refractivity contribution in [1.29, 1.82) is 0 Å². The number of nitrogens with zero attached hydrogens (tertiary/aromatic N) is 1. The summed E-state index contributed by atoms with van der Waals surface area (Å²) < 4.78 is 2.11. The zero-order chi connectivity index (χ0) is 10.8. The van der Waals surface area contributed by atoms with E-state index in [0.717, 1.165) is 24.0 Å². The van der Waals surface area contributed by atoms with Gasteiger partial charge < -0.3 is 15.0 Å². The van der Waals surface area contributed by atoms with Gasteiger partial charge in [0, 0.05) is 24.7 Å². The molecule has 0 aliphatic carbocycles. The molecule has 0 saturated carbocycles. The van der Waals surface area contributed by atoms with Gasteiger partial charge in [-0.1, -0.05) is 13.0 Å². The average molecular weight is 204 g/mol. The molecule has 1 aromatic heterocycles. The van der Waals surface area contributed by atoms with E-state index in [-0.39, 0.29) is 0 Å². The van der Waals surface area contributed by atoms with Gasteiger partial charge in [0.1, 0.15) is 5.75 Å². The van der Waals surface area contributed by atoms with E-state index in [1.165, 1.54) is 5.69 Å². The first-order valence-electron chi connectivity index (χ1n) is 5.21. The monoisotopic (exact) mass is 204 g/mol. The topological polar surface area (TPSA) is 37.2 Å². The predicted octanol–water partition coefficient (Wildman–Crippen LogP) is 1.99. The fourth-order valence-corrected chi connectivity index (χ4v) is 1.82. The van der Waals surface area contributed by atoms with Gasteiger partial charge in [-0.3, -0.25) is 0 Å². The number of nitrogens with one attached hydrogen (secondary N) is 1. The van der Waals surface area contributed by atoms with E-state index in [2.05, 4.69) is 16.8 Å². The van der Waals surface area contributed by atoms with Crippen LogP contribution in [0.4, 0.5) is 0 Å². The van der Waals surface area contributed by atoms with E-state index < -0.39 is 0 Å². The number of rotatable bonds is 3. The highest BCUT2D eigenvalue weighted by atomic mass is 16.3. The van der Waals surface area contributed by atoms with Crippen molar-refractivity contribution in [3.05, 3.63) is 30.0 Å². The normalized spacial score (nSPS) is 11.1. The van der Waals surface area contributed by atoms with Crippen LogP contribution in [-0.2, 0) is 13.6 Å². The Hall–Kier alpha value is -1.48. The molecule has 0 amide bonds. The molecule has 0 radical (unpaired) electrons. The number of hydrogen-bond acceptors (Lipinski definition) is 2. The molecule has 0 aliphatic heterocycles. The Morgan fingerprint density at radius 2 is 2.20 bits per heavy atom. The molecular formula is C12H16N2O. The summed E-state index contributed by atoms with van der Waals surface area (Å²) in [7, 11) is 2.02. The molecule has 0 bridgehead atoms. The molecule has 2 aromatic rings. The highest BCUT2D eigenvalue weighted by molar-refractivity contribution is 5.87. The van der Waals surface area contributed by atoms with Crippen molar-refractivity contribution in [2.45, 2.75) is 13.5 Å². The smallest absolute Gasteiger partial charge is 0.124 e. The van der Waals surface area contributed by atoms with Gasteiger partial charge in [0.05, 0.1) is 5.52 Å². The minimum absolute atomic E-state index is 0.353. The summed E-state index contributed by atoms with van der Waals surface area (Å²) in [4.78, 5) is 0. The lowest BCUT2D eigenvalue weighted by molar-refractivity contribution is 0.481. The molecule has 0 unspecified atom stereocenters. The number of aromatic hydroxyl groups is 1. The standard InChI is InChI=1S/C12H16N2O/c1-3-13-8-9-7-10-11(14(9)2)5-4-6-12(10)15/h4-7,13,15H,3,8H2,1-2H3. The summed E-state index contributed by atoms with van der Waals surface area (Å²) in [5, 5.41) is 13.9. The molecule has 2 rings (SSSR count). The second-order valence-electron chi connectivity index (χ2n) is 3.68. The number of fused-ring (bicyclic) bond motifs is 1. The predicted molar refractivity (Wildman–Crippen MR) is 62.0 cm³/mol. The SMILES string of the molecule is CCNCc1cc2c(O)cccc2n1C. The minimum atomic E-state index is 0.353. The minimum Gasteiger partial charge on any atom is -0.507 e. The second kappa shape index (κ2) is 3.95. The van der Waals surface area contributed by atoms with Crippen molar-refractivity contribution >= 4 is 10.9 Å². The van der Waals surface area contributed by atoms with E-state index in [9.17, 15) is 5.11 Å². The van der Waals surface area contributed by atoms with E-state index in [4.69, 9.17) is 0 Å². The van der Waals surface area contributed by atoms with Crippen molar-refractivity contribution < 1.29 is 5.11 Å². The summed E-state index contributed by atoms with van der Waals surface area (Å²) in [5.41, 5.74) is 2.26. The lowest BCUT2D eigenvalue weighted by Gasteiger charge is -2.04. The lowest BCUT2D eigenvalue weighted by Crippen LogP contribution is -2.14. The van der Waals surface area contributed by atoms with Gasteiger partial charge >= 0.3 is 0 Å². The molecule has 0 atom stereocenters. The molecule has 1 heterocycles. The van der Waals surface area contributed by atoms with Gasteiger partial charge in [-0.2, -0.15) is 0 Å². The number of phenols is 1. The Kier molecular flexibility index (Phi) is 2.64. The number of phenolic OH excluding ortho intramolecular Hbond substituents is 1. The summed E-state index contributed by atoms with van der Waals surface area (Å²) >= 11 is 0. The number of benzene rings is 1. The van der Waals surface area contributed by atoms with Gasteiger partial charge in [0.15, 0.2) is 0 Å².